The molecule has 0 radical (unpaired) electrons. The molecule has 5 N–H and O–H groups in total. The van der Waals surface area contributed by atoms with E-state index >= 15 is 0 Å². The Labute approximate surface area is 429 Å². The fourth-order valence-electron chi connectivity index (χ4n) is 12.1. The van der Waals surface area contributed by atoms with Gasteiger partial charge in [-0.15, -0.1) is 21.5 Å². The number of aryl methyl sites for hydroxylation is 1. The van der Waals surface area contributed by atoms with Crippen molar-refractivity contribution in [3.8, 4) is 27.4 Å². The van der Waals surface area contributed by atoms with E-state index in [9.17, 15) is 19.8 Å². The Morgan fingerprint density at radius 2 is 1.59 bits per heavy atom. The number of hydrogen-bond donors (Lipinski definition) is 4. The summed E-state index contributed by atoms with van der Waals surface area (Å²) in [6, 6.07) is 19.2. The Morgan fingerprint density at radius 3 is 2.27 bits per heavy atom. The number of anilines is 4. The molecular weight excluding hydrogens is 943 g/mol. The van der Waals surface area contributed by atoms with Crippen LogP contribution in [0, 0.1) is 12.8 Å². The summed E-state index contributed by atoms with van der Waals surface area (Å²) in [5.41, 5.74) is 14.5. The summed E-state index contributed by atoms with van der Waals surface area (Å²) in [7, 11) is 0. The van der Waals surface area contributed by atoms with Crippen molar-refractivity contribution in [2.24, 2.45) is 5.92 Å². The van der Waals surface area contributed by atoms with Crippen molar-refractivity contribution in [2.75, 3.05) is 66.2 Å². The molecule has 5 saturated heterocycles. The number of likely N-dealkylation sites (tertiary alicyclic amines) is 2. The van der Waals surface area contributed by atoms with E-state index in [1.165, 1.54) is 10.5 Å². The normalized spacial score (nSPS) is 22.4. The van der Waals surface area contributed by atoms with E-state index in [4.69, 9.17) is 20.2 Å². The molecule has 9 heterocycles. The first-order valence-electron chi connectivity index (χ1n) is 25.9. The van der Waals surface area contributed by atoms with Crippen LogP contribution in [0.5, 0.6) is 5.75 Å². The van der Waals surface area contributed by atoms with E-state index in [0.29, 0.717) is 41.3 Å². The van der Waals surface area contributed by atoms with Gasteiger partial charge in [0.1, 0.15) is 17.7 Å². The molecule has 2 aromatic carbocycles. The van der Waals surface area contributed by atoms with Gasteiger partial charge in [-0.2, -0.15) is 0 Å². The van der Waals surface area contributed by atoms with E-state index in [1.54, 1.807) is 23.5 Å². The third-order valence-electron chi connectivity index (χ3n) is 16.0. The van der Waals surface area contributed by atoms with Crippen molar-refractivity contribution in [2.45, 2.75) is 114 Å². The molecular formula is C54H65N13O5S. The molecule has 3 unspecified atom stereocenters. The number of aromatic hydroxyl groups is 1. The van der Waals surface area contributed by atoms with Crippen LogP contribution in [0.15, 0.2) is 83.1 Å². The minimum absolute atomic E-state index is 0.0868. The number of benzene rings is 2. The zero-order valence-corrected chi connectivity index (χ0v) is 42.6. The zero-order valence-electron chi connectivity index (χ0n) is 41.8. The Bertz CT molecular complexity index is 2880. The van der Waals surface area contributed by atoms with Crippen LogP contribution in [0.3, 0.4) is 0 Å². The summed E-state index contributed by atoms with van der Waals surface area (Å²) < 4.78 is 5.94. The number of rotatable bonds is 13. The number of piperidine rings is 2. The number of phenols is 1. The van der Waals surface area contributed by atoms with Gasteiger partial charge in [0.05, 0.1) is 33.6 Å². The first kappa shape index (κ1) is 48.6. The lowest BCUT2D eigenvalue weighted by molar-refractivity contribution is -0.141. The number of nitrogens with two attached hydrogens (primary N) is 1. The van der Waals surface area contributed by atoms with E-state index in [0.717, 1.165) is 117 Å². The third kappa shape index (κ3) is 9.93. The van der Waals surface area contributed by atoms with Crippen molar-refractivity contribution < 1.29 is 24.3 Å². The molecule has 18 nitrogen and oxygen atoms in total. The number of nitrogens with one attached hydrogen (secondary N) is 1. The maximum atomic E-state index is 14.3. The van der Waals surface area contributed by atoms with Crippen molar-refractivity contribution >= 4 is 46.4 Å². The second-order valence-corrected chi connectivity index (χ2v) is 21.8. The number of nitrogens with zero attached hydrogens (tertiary/aromatic N) is 11. The standard InChI is InChI=1S/C54H65N13O5S/c1-32(2)49(53(71)66-30-41(68)22-45(66)52(70)56-25-34-8-10-36(11-9-34)50-33(3)59-31-73-50)47-24-48(62-72-47)64-20-16-38(17-21-64)63-18-14-35(15-19-63)37-26-57-54(58-27-37)67-39-12-13-40(67)29-65(28-39)44-23-43(60-61-51(44)55)42-6-4-5-7-46(42)69/h4-11,23-24,26-27,31-32,35,38-41,45,49,68-69H,12-22,25,28-30H2,1-3H3,(H2,55,61)(H,56,70)/t39?,40?,41-,45+,49?/m1/s1. The highest BCUT2D eigenvalue weighted by Gasteiger charge is 2.45. The predicted octanol–water partition coefficient (Wildman–Crippen LogP) is 6.37. The van der Waals surface area contributed by atoms with Crippen LogP contribution in [0.2, 0.25) is 0 Å². The minimum Gasteiger partial charge on any atom is -0.507 e. The number of para-hydroxylation sites is 1. The third-order valence-corrected chi connectivity index (χ3v) is 17.0. The van der Waals surface area contributed by atoms with Gasteiger partial charge in [-0.1, -0.05) is 55.4 Å². The van der Waals surface area contributed by atoms with Crippen LogP contribution in [0.25, 0.3) is 21.7 Å². The number of amides is 2. The van der Waals surface area contributed by atoms with Gasteiger partial charge < -0.3 is 50.3 Å². The summed E-state index contributed by atoms with van der Waals surface area (Å²) in [4.78, 5) is 54.5. The van der Waals surface area contributed by atoms with Crippen LogP contribution >= 0.6 is 11.3 Å². The second kappa shape index (κ2) is 20.7. The maximum absolute atomic E-state index is 14.3. The number of phenolic OH excluding ortho intramolecular Hbond substituents is 1. The zero-order chi connectivity index (χ0) is 50.3. The van der Waals surface area contributed by atoms with E-state index in [2.05, 4.69) is 57.6 Å². The number of aliphatic hydroxyl groups excluding tert-OH is 1. The molecule has 5 aliphatic rings. The molecule has 19 heteroatoms. The lowest BCUT2D eigenvalue weighted by Gasteiger charge is -2.42. The lowest BCUT2D eigenvalue weighted by atomic mass is 9.89. The molecule has 2 bridgehead atoms. The number of aliphatic hydroxyl groups is 1. The van der Waals surface area contributed by atoms with Crippen molar-refractivity contribution in [1.29, 1.82) is 0 Å². The average molecular weight is 1010 g/mol. The molecule has 382 valence electrons. The van der Waals surface area contributed by atoms with Gasteiger partial charge in [-0.3, -0.25) is 9.59 Å². The minimum atomic E-state index is -0.797. The molecule has 0 aliphatic carbocycles. The Morgan fingerprint density at radius 1 is 0.863 bits per heavy atom. The summed E-state index contributed by atoms with van der Waals surface area (Å²) in [5.74, 6) is 1.65. The van der Waals surface area contributed by atoms with Gasteiger partial charge in [0.2, 0.25) is 17.8 Å². The first-order valence-corrected chi connectivity index (χ1v) is 26.8. The summed E-state index contributed by atoms with van der Waals surface area (Å²) in [6.45, 7) is 11.6. The molecule has 11 rings (SSSR count). The Hall–Kier alpha value is -6.70. The highest BCUT2D eigenvalue weighted by molar-refractivity contribution is 7.13. The van der Waals surface area contributed by atoms with Crippen LogP contribution < -0.4 is 25.8 Å². The van der Waals surface area contributed by atoms with Gasteiger partial charge in [-0.05, 0) is 105 Å². The highest BCUT2D eigenvalue weighted by atomic mass is 32.1. The molecule has 5 atom stereocenters. The summed E-state index contributed by atoms with van der Waals surface area (Å²) in [5, 5.41) is 37.2. The molecule has 5 fully saturated rings. The quantitative estimate of drug-likeness (QED) is 0.0989. The first-order chi connectivity index (χ1) is 35.4. The largest absolute Gasteiger partial charge is 0.507 e. The summed E-state index contributed by atoms with van der Waals surface area (Å²) >= 11 is 1.60. The number of carbonyl (C=O) groups is 2. The number of hydrogen-bond acceptors (Lipinski definition) is 17. The fourth-order valence-corrected chi connectivity index (χ4v) is 12.9. The number of nitrogen functional groups attached to an aromatic ring is 1. The Balaban J connectivity index is 0.651. The number of carbonyl (C=O) groups excluding carboxylic acids is 2. The lowest BCUT2D eigenvalue weighted by Crippen LogP contribution is -2.54. The Kier molecular flexibility index (Phi) is 13.7. The molecule has 0 spiro atoms. The van der Waals surface area contributed by atoms with Crippen molar-refractivity contribution in [1.82, 2.24) is 45.4 Å². The maximum Gasteiger partial charge on any atom is 0.243 e. The van der Waals surface area contributed by atoms with Gasteiger partial charge in [-0.25, -0.2) is 15.0 Å². The topological polar surface area (TPSA) is 219 Å². The highest BCUT2D eigenvalue weighted by Crippen LogP contribution is 2.40. The van der Waals surface area contributed by atoms with Crippen molar-refractivity contribution in [3.05, 3.63) is 101 Å². The summed E-state index contributed by atoms with van der Waals surface area (Å²) in [6.07, 6.45) is 9.73. The van der Waals surface area contributed by atoms with E-state index in [1.807, 2.05) is 74.8 Å². The molecule has 2 amide bonds. The molecule has 73 heavy (non-hydrogen) atoms. The molecule has 6 aromatic rings. The molecule has 4 aromatic heterocycles. The van der Waals surface area contributed by atoms with Gasteiger partial charge >= 0.3 is 0 Å². The van der Waals surface area contributed by atoms with Gasteiger partial charge in [0, 0.05) is 87.8 Å². The van der Waals surface area contributed by atoms with E-state index in [-0.39, 0.29) is 48.5 Å². The molecule has 5 aliphatic heterocycles. The fraction of sp³-hybridized carbons (Fsp3) is 0.481. The predicted molar refractivity (Wildman–Crippen MR) is 280 cm³/mol. The second-order valence-electron chi connectivity index (χ2n) is 20.9. The van der Waals surface area contributed by atoms with Crippen LogP contribution in [0.1, 0.15) is 93.2 Å². The number of piperazine rings is 1. The molecule has 0 saturated carbocycles. The number of thiazole rings is 1. The van der Waals surface area contributed by atoms with Gasteiger partial charge in [0.15, 0.2) is 17.4 Å². The van der Waals surface area contributed by atoms with Crippen LogP contribution in [0.4, 0.5) is 23.3 Å². The monoisotopic (exact) mass is 1010 g/mol. The smallest absolute Gasteiger partial charge is 0.243 e. The number of aromatic nitrogens is 6. The van der Waals surface area contributed by atoms with Crippen LogP contribution in [-0.4, -0.2) is 138 Å². The van der Waals surface area contributed by atoms with Crippen molar-refractivity contribution in [3.63, 3.8) is 0 Å². The number of fused-ring (bicyclic) bond motifs is 2. The average Bonchev–Trinajstić information content (AvgIpc) is 4.22. The SMILES string of the molecule is Cc1ncsc1-c1ccc(CNC(=O)[C@@H]2C[C@@H](O)CN2C(=O)C(c2cc(N3CCC(N4CCC(c5cnc(N6C7CCC6CN(c6cc(-c8ccccc8O)nnc6N)C7)nc5)CC4)CC3)no2)C(C)C)cc1. The van der Waals surface area contributed by atoms with Crippen LogP contribution in [-0.2, 0) is 16.1 Å². The number of β-amino-alcohol motifs (C(OH)–C–C–N with tert-alkyl or cyclic N) is 1. The van der Waals surface area contributed by atoms with Gasteiger partial charge in [0.25, 0.3) is 0 Å². The van der Waals surface area contributed by atoms with E-state index < -0.39 is 18.1 Å².